The van der Waals surface area contributed by atoms with Crippen molar-refractivity contribution < 1.29 is 8.42 Å². The fraction of sp³-hybridized carbons (Fsp3) is 0.118. The Morgan fingerprint density at radius 2 is 1.78 bits per heavy atom. The van der Waals surface area contributed by atoms with Crippen LogP contribution in [-0.4, -0.2) is 18.2 Å². The van der Waals surface area contributed by atoms with Crippen LogP contribution in [0.2, 0.25) is 0 Å². The fourth-order valence-corrected chi connectivity index (χ4v) is 3.35. The van der Waals surface area contributed by atoms with E-state index in [2.05, 4.69) is 9.82 Å². The Hall–Kier alpha value is -2.60. The molecule has 0 atom stereocenters. The molecule has 6 heteroatoms. The quantitative estimate of drug-likeness (QED) is 0.783. The van der Waals surface area contributed by atoms with E-state index in [9.17, 15) is 8.42 Å². The Morgan fingerprint density at radius 1 is 1.04 bits per heavy atom. The summed E-state index contributed by atoms with van der Waals surface area (Å²) in [5.74, 6) is 0. The maximum Gasteiger partial charge on any atom is 0.261 e. The first-order chi connectivity index (χ1) is 11.0. The summed E-state index contributed by atoms with van der Waals surface area (Å²) in [6.07, 6.45) is 3.53. The third-order valence-electron chi connectivity index (χ3n) is 3.48. The van der Waals surface area contributed by atoms with Crippen molar-refractivity contribution in [2.75, 3.05) is 4.72 Å². The molecular formula is C17H17N3O2S. The number of aromatic nitrogens is 2. The van der Waals surface area contributed by atoms with E-state index in [4.69, 9.17) is 0 Å². The molecule has 1 aromatic heterocycles. The molecule has 118 valence electrons. The minimum absolute atomic E-state index is 0.247. The number of anilines is 1. The molecule has 1 N–H and O–H groups in total. The SMILES string of the molecule is Cc1ccc(S(=O)(=O)Nc2ccccc2Cn2cccn2)cc1. The Morgan fingerprint density at radius 3 is 2.48 bits per heavy atom. The first-order valence-electron chi connectivity index (χ1n) is 7.19. The largest absolute Gasteiger partial charge is 0.279 e. The van der Waals surface area contributed by atoms with Gasteiger partial charge in [-0.3, -0.25) is 9.40 Å². The van der Waals surface area contributed by atoms with Crippen LogP contribution in [-0.2, 0) is 16.6 Å². The van der Waals surface area contributed by atoms with Crippen molar-refractivity contribution in [1.82, 2.24) is 9.78 Å². The van der Waals surface area contributed by atoms with Gasteiger partial charge in [0.15, 0.2) is 0 Å². The first kappa shape index (κ1) is 15.3. The summed E-state index contributed by atoms with van der Waals surface area (Å²) in [5.41, 5.74) is 2.43. The maximum atomic E-state index is 12.5. The normalized spacial score (nSPS) is 11.3. The Labute approximate surface area is 135 Å². The van der Waals surface area contributed by atoms with Crippen LogP contribution >= 0.6 is 0 Å². The van der Waals surface area contributed by atoms with Gasteiger partial charge < -0.3 is 0 Å². The van der Waals surface area contributed by atoms with Crippen LogP contribution in [0.15, 0.2) is 71.9 Å². The van der Waals surface area contributed by atoms with E-state index in [1.165, 1.54) is 0 Å². The van der Waals surface area contributed by atoms with Crippen molar-refractivity contribution >= 4 is 15.7 Å². The summed E-state index contributed by atoms with van der Waals surface area (Å²) in [6, 6.07) is 15.9. The topological polar surface area (TPSA) is 64.0 Å². The summed E-state index contributed by atoms with van der Waals surface area (Å²) in [6.45, 7) is 2.42. The lowest BCUT2D eigenvalue weighted by Crippen LogP contribution is -2.15. The number of para-hydroxylation sites is 1. The van der Waals surface area contributed by atoms with E-state index in [-0.39, 0.29) is 4.90 Å². The highest BCUT2D eigenvalue weighted by Gasteiger charge is 2.15. The van der Waals surface area contributed by atoms with Crippen molar-refractivity contribution in [1.29, 1.82) is 0 Å². The molecule has 3 rings (SSSR count). The number of nitrogens with one attached hydrogen (secondary N) is 1. The van der Waals surface area contributed by atoms with E-state index in [0.29, 0.717) is 12.2 Å². The molecule has 2 aromatic carbocycles. The lowest BCUT2D eigenvalue weighted by molar-refractivity contribution is 0.601. The fourth-order valence-electron chi connectivity index (χ4n) is 2.25. The smallest absolute Gasteiger partial charge is 0.261 e. The van der Waals surface area contributed by atoms with Crippen LogP contribution < -0.4 is 4.72 Å². The van der Waals surface area contributed by atoms with Gasteiger partial charge in [0.25, 0.3) is 10.0 Å². The van der Waals surface area contributed by atoms with Crippen molar-refractivity contribution in [3.8, 4) is 0 Å². The minimum atomic E-state index is -3.61. The van der Waals surface area contributed by atoms with Gasteiger partial charge in [0.2, 0.25) is 0 Å². The average molecular weight is 327 g/mol. The molecule has 23 heavy (non-hydrogen) atoms. The van der Waals surface area contributed by atoms with Crippen LogP contribution in [0.1, 0.15) is 11.1 Å². The van der Waals surface area contributed by atoms with Gasteiger partial charge >= 0.3 is 0 Å². The van der Waals surface area contributed by atoms with Crippen molar-refractivity contribution in [3.63, 3.8) is 0 Å². The second kappa shape index (κ2) is 6.26. The molecule has 0 spiro atoms. The molecular weight excluding hydrogens is 310 g/mol. The predicted molar refractivity (Wildman–Crippen MR) is 89.8 cm³/mol. The van der Waals surface area contributed by atoms with Crippen molar-refractivity contribution in [3.05, 3.63) is 78.1 Å². The highest BCUT2D eigenvalue weighted by atomic mass is 32.2. The Balaban J connectivity index is 1.89. The molecule has 0 aliphatic heterocycles. The van der Waals surface area contributed by atoms with Gasteiger partial charge in [-0.2, -0.15) is 5.10 Å². The molecule has 0 aliphatic rings. The summed E-state index contributed by atoms with van der Waals surface area (Å²) in [7, 11) is -3.61. The summed E-state index contributed by atoms with van der Waals surface area (Å²) in [5, 5.41) is 4.16. The number of sulfonamides is 1. The van der Waals surface area contributed by atoms with Crippen molar-refractivity contribution in [2.24, 2.45) is 0 Å². The second-order valence-corrected chi connectivity index (χ2v) is 6.96. The average Bonchev–Trinajstić information content (AvgIpc) is 3.02. The van der Waals surface area contributed by atoms with E-state index >= 15 is 0 Å². The third kappa shape index (κ3) is 3.60. The highest BCUT2D eigenvalue weighted by Crippen LogP contribution is 2.21. The van der Waals surface area contributed by atoms with Gasteiger partial charge in [-0.25, -0.2) is 8.42 Å². The van der Waals surface area contributed by atoms with Gasteiger partial charge in [0.05, 0.1) is 17.1 Å². The molecule has 0 saturated heterocycles. The van der Waals surface area contributed by atoms with Crippen molar-refractivity contribution in [2.45, 2.75) is 18.4 Å². The molecule has 0 unspecified atom stereocenters. The number of nitrogens with zero attached hydrogens (tertiary/aromatic N) is 2. The molecule has 1 heterocycles. The van der Waals surface area contributed by atoms with Gasteiger partial charge in [0.1, 0.15) is 0 Å². The zero-order chi connectivity index (χ0) is 16.3. The lowest BCUT2D eigenvalue weighted by Gasteiger charge is -2.13. The molecule has 0 aliphatic carbocycles. The highest BCUT2D eigenvalue weighted by molar-refractivity contribution is 7.92. The Kier molecular flexibility index (Phi) is 4.16. The Bertz CT molecular complexity index is 886. The summed E-state index contributed by atoms with van der Waals surface area (Å²) < 4.78 is 29.5. The van der Waals surface area contributed by atoms with Crippen LogP contribution in [0, 0.1) is 6.92 Å². The monoisotopic (exact) mass is 327 g/mol. The van der Waals surface area contributed by atoms with Crippen LogP contribution in [0.3, 0.4) is 0 Å². The number of rotatable bonds is 5. The van der Waals surface area contributed by atoms with Crippen LogP contribution in [0.5, 0.6) is 0 Å². The standard InChI is InChI=1S/C17H17N3O2S/c1-14-7-9-16(10-8-14)23(21,22)19-17-6-3-2-5-15(17)13-20-12-4-11-18-20/h2-12,19H,13H2,1H3. The lowest BCUT2D eigenvalue weighted by atomic mass is 10.2. The van der Waals surface area contributed by atoms with Crippen LogP contribution in [0.25, 0.3) is 0 Å². The second-order valence-electron chi connectivity index (χ2n) is 5.28. The molecule has 3 aromatic rings. The number of aryl methyl sites for hydroxylation is 1. The van der Waals surface area contributed by atoms with E-state index in [1.54, 1.807) is 47.3 Å². The summed E-state index contributed by atoms with van der Waals surface area (Å²) >= 11 is 0. The van der Waals surface area contributed by atoms with E-state index in [0.717, 1.165) is 11.1 Å². The van der Waals surface area contributed by atoms with Gasteiger partial charge in [-0.15, -0.1) is 0 Å². The minimum Gasteiger partial charge on any atom is -0.279 e. The van der Waals surface area contributed by atoms with E-state index in [1.807, 2.05) is 31.3 Å². The molecule has 0 saturated carbocycles. The molecule has 0 amide bonds. The first-order valence-corrected chi connectivity index (χ1v) is 8.68. The zero-order valence-corrected chi connectivity index (χ0v) is 13.5. The molecule has 0 bridgehead atoms. The van der Waals surface area contributed by atoms with E-state index < -0.39 is 10.0 Å². The molecule has 0 fully saturated rings. The third-order valence-corrected chi connectivity index (χ3v) is 4.87. The maximum absolute atomic E-state index is 12.5. The zero-order valence-electron chi connectivity index (χ0n) is 12.7. The van der Waals surface area contributed by atoms with Gasteiger partial charge in [-0.1, -0.05) is 35.9 Å². The van der Waals surface area contributed by atoms with Crippen LogP contribution in [0.4, 0.5) is 5.69 Å². The van der Waals surface area contributed by atoms with Gasteiger partial charge in [-0.05, 0) is 36.8 Å². The predicted octanol–water partition coefficient (Wildman–Crippen LogP) is 3.04. The summed E-state index contributed by atoms with van der Waals surface area (Å²) in [4.78, 5) is 0.247. The molecule has 0 radical (unpaired) electrons. The number of benzene rings is 2. The van der Waals surface area contributed by atoms with Gasteiger partial charge in [0, 0.05) is 12.4 Å². The number of hydrogen-bond acceptors (Lipinski definition) is 3. The number of hydrogen-bond donors (Lipinski definition) is 1. The molecule has 5 nitrogen and oxygen atoms in total.